The van der Waals surface area contributed by atoms with E-state index in [1.807, 2.05) is 0 Å². The smallest absolute Gasteiger partial charge is 0.0441 e. The zero-order valence-corrected chi connectivity index (χ0v) is 9.11. The molecule has 1 nitrogen and oxygen atoms in total. The van der Waals surface area contributed by atoms with E-state index in [1.165, 1.54) is 42.4 Å². The summed E-state index contributed by atoms with van der Waals surface area (Å²) in [4.78, 5) is 0. The van der Waals surface area contributed by atoms with Crippen LogP contribution >= 0.6 is 11.6 Å². The van der Waals surface area contributed by atoms with E-state index < -0.39 is 0 Å². The lowest BCUT2D eigenvalue weighted by molar-refractivity contribution is 0.684. The molecule has 76 valence electrons. The molecule has 1 aliphatic rings. The second kappa shape index (κ2) is 4.33. The van der Waals surface area contributed by atoms with E-state index in [4.69, 9.17) is 17.3 Å². The van der Waals surface area contributed by atoms with Gasteiger partial charge in [0.05, 0.1) is 0 Å². The van der Waals surface area contributed by atoms with Gasteiger partial charge in [-0.05, 0) is 61.4 Å². The van der Waals surface area contributed by atoms with Gasteiger partial charge in [0.2, 0.25) is 0 Å². The van der Waals surface area contributed by atoms with Crippen molar-refractivity contribution in [3.8, 4) is 0 Å². The Labute approximate surface area is 90.3 Å². The average molecular weight is 210 g/mol. The predicted octanol–water partition coefficient (Wildman–Crippen LogP) is 2.72. The van der Waals surface area contributed by atoms with Gasteiger partial charge in [-0.3, -0.25) is 0 Å². The summed E-state index contributed by atoms with van der Waals surface area (Å²) in [7, 11) is 0. The number of benzene rings is 1. The standard InChI is InChI=1S/C12H16ClN/c13-12-8-10-4-2-1-3-9(10)7-11(12)5-6-14/h7-8H,1-6,14H2. The van der Waals surface area contributed by atoms with Gasteiger partial charge < -0.3 is 5.73 Å². The molecule has 0 amide bonds. The molecule has 0 aromatic heterocycles. The molecule has 1 aromatic carbocycles. The average Bonchev–Trinajstić information content (AvgIpc) is 2.19. The molecule has 0 aliphatic heterocycles. The van der Waals surface area contributed by atoms with Crippen molar-refractivity contribution in [3.05, 3.63) is 33.8 Å². The molecule has 0 saturated carbocycles. The van der Waals surface area contributed by atoms with Crippen LogP contribution in [0.25, 0.3) is 0 Å². The van der Waals surface area contributed by atoms with Gasteiger partial charge in [-0.25, -0.2) is 0 Å². The minimum Gasteiger partial charge on any atom is -0.330 e. The molecule has 0 saturated heterocycles. The van der Waals surface area contributed by atoms with E-state index >= 15 is 0 Å². The van der Waals surface area contributed by atoms with Crippen molar-refractivity contribution >= 4 is 11.6 Å². The van der Waals surface area contributed by atoms with Crippen LogP contribution < -0.4 is 5.73 Å². The molecule has 2 N–H and O–H groups in total. The minimum absolute atomic E-state index is 0.679. The molecule has 0 unspecified atom stereocenters. The number of nitrogens with two attached hydrogens (primary N) is 1. The van der Waals surface area contributed by atoms with E-state index in [9.17, 15) is 0 Å². The van der Waals surface area contributed by atoms with Gasteiger partial charge in [0.15, 0.2) is 0 Å². The maximum Gasteiger partial charge on any atom is 0.0441 e. The number of rotatable bonds is 2. The molecule has 0 atom stereocenters. The van der Waals surface area contributed by atoms with Crippen LogP contribution in [0.5, 0.6) is 0 Å². The number of hydrogen-bond acceptors (Lipinski definition) is 1. The largest absolute Gasteiger partial charge is 0.330 e. The lowest BCUT2D eigenvalue weighted by Crippen LogP contribution is -2.07. The van der Waals surface area contributed by atoms with E-state index in [1.54, 1.807) is 0 Å². The Balaban J connectivity index is 2.35. The zero-order valence-electron chi connectivity index (χ0n) is 8.35. The van der Waals surface area contributed by atoms with Gasteiger partial charge in [-0.2, -0.15) is 0 Å². The van der Waals surface area contributed by atoms with Gasteiger partial charge in [0, 0.05) is 5.02 Å². The number of fused-ring (bicyclic) bond motifs is 1. The Morgan fingerprint density at radius 1 is 1.14 bits per heavy atom. The summed E-state index contributed by atoms with van der Waals surface area (Å²) in [5.74, 6) is 0. The third-order valence-corrected chi connectivity index (χ3v) is 3.28. The van der Waals surface area contributed by atoms with Crippen LogP contribution in [0.3, 0.4) is 0 Å². The van der Waals surface area contributed by atoms with E-state index in [-0.39, 0.29) is 0 Å². The monoisotopic (exact) mass is 209 g/mol. The first kappa shape index (κ1) is 10.0. The van der Waals surface area contributed by atoms with Gasteiger partial charge in [-0.15, -0.1) is 0 Å². The SMILES string of the molecule is NCCc1cc2c(cc1Cl)CCCC2. The molecule has 0 bridgehead atoms. The zero-order chi connectivity index (χ0) is 9.97. The first-order chi connectivity index (χ1) is 6.81. The number of halogens is 1. The first-order valence-corrected chi connectivity index (χ1v) is 5.69. The van der Waals surface area contributed by atoms with Crippen molar-refractivity contribution in [3.63, 3.8) is 0 Å². The maximum absolute atomic E-state index is 6.18. The molecule has 1 aromatic rings. The molecule has 0 fully saturated rings. The van der Waals surface area contributed by atoms with E-state index in [0.29, 0.717) is 6.54 Å². The molecule has 0 heterocycles. The van der Waals surface area contributed by atoms with Gasteiger partial charge in [-0.1, -0.05) is 17.7 Å². The second-order valence-electron chi connectivity index (χ2n) is 3.96. The normalized spacial score (nSPS) is 15.3. The Hall–Kier alpha value is -0.530. The molecule has 1 aliphatic carbocycles. The molecule has 2 rings (SSSR count). The van der Waals surface area contributed by atoms with E-state index in [2.05, 4.69) is 12.1 Å². The predicted molar refractivity (Wildman–Crippen MR) is 60.9 cm³/mol. The highest BCUT2D eigenvalue weighted by atomic mass is 35.5. The highest BCUT2D eigenvalue weighted by Gasteiger charge is 2.11. The van der Waals surface area contributed by atoms with Gasteiger partial charge in [0.1, 0.15) is 0 Å². The molecule has 14 heavy (non-hydrogen) atoms. The topological polar surface area (TPSA) is 26.0 Å². The molecular formula is C12H16ClN. The van der Waals surface area contributed by atoms with Crippen LogP contribution in [0.4, 0.5) is 0 Å². The highest BCUT2D eigenvalue weighted by Crippen LogP contribution is 2.27. The highest BCUT2D eigenvalue weighted by molar-refractivity contribution is 6.31. The summed E-state index contributed by atoms with van der Waals surface area (Å²) < 4.78 is 0. The third kappa shape index (κ3) is 1.94. The molecular weight excluding hydrogens is 194 g/mol. The fourth-order valence-corrected chi connectivity index (χ4v) is 2.43. The van der Waals surface area contributed by atoms with Crippen LogP contribution in [0, 0.1) is 0 Å². The van der Waals surface area contributed by atoms with Crippen molar-refractivity contribution in [1.82, 2.24) is 0 Å². The third-order valence-electron chi connectivity index (χ3n) is 2.92. The Kier molecular flexibility index (Phi) is 3.09. The number of aryl methyl sites for hydroxylation is 2. The molecule has 2 heteroatoms. The van der Waals surface area contributed by atoms with Crippen LogP contribution in [-0.2, 0) is 19.3 Å². The van der Waals surface area contributed by atoms with Crippen molar-refractivity contribution in [2.75, 3.05) is 6.54 Å². The quantitative estimate of drug-likeness (QED) is 0.797. The van der Waals surface area contributed by atoms with Crippen molar-refractivity contribution in [2.24, 2.45) is 5.73 Å². The molecule has 0 spiro atoms. The van der Waals surface area contributed by atoms with Crippen LogP contribution in [0.2, 0.25) is 5.02 Å². The fraction of sp³-hybridized carbons (Fsp3) is 0.500. The Morgan fingerprint density at radius 3 is 2.43 bits per heavy atom. The Bertz CT molecular complexity index is 333. The maximum atomic E-state index is 6.18. The van der Waals surface area contributed by atoms with E-state index in [0.717, 1.165) is 11.4 Å². The Morgan fingerprint density at radius 2 is 1.79 bits per heavy atom. The van der Waals surface area contributed by atoms with Crippen LogP contribution in [0.1, 0.15) is 29.5 Å². The van der Waals surface area contributed by atoms with Gasteiger partial charge in [0.25, 0.3) is 0 Å². The summed E-state index contributed by atoms with van der Waals surface area (Å²) in [5.41, 5.74) is 9.70. The number of hydrogen-bond donors (Lipinski definition) is 1. The lowest BCUT2D eigenvalue weighted by atomic mass is 9.90. The lowest BCUT2D eigenvalue weighted by Gasteiger charge is -2.17. The minimum atomic E-state index is 0.679. The first-order valence-electron chi connectivity index (χ1n) is 5.31. The van der Waals surface area contributed by atoms with Crippen molar-refractivity contribution in [2.45, 2.75) is 32.1 Å². The summed E-state index contributed by atoms with van der Waals surface area (Å²) in [6, 6.07) is 4.39. The fourth-order valence-electron chi connectivity index (χ4n) is 2.15. The van der Waals surface area contributed by atoms with Crippen LogP contribution in [0.15, 0.2) is 12.1 Å². The van der Waals surface area contributed by atoms with Crippen molar-refractivity contribution in [1.29, 1.82) is 0 Å². The summed E-state index contributed by atoms with van der Waals surface area (Å²) >= 11 is 6.18. The molecule has 0 radical (unpaired) electrons. The van der Waals surface area contributed by atoms with Gasteiger partial charge >= 0.3 is 0 Å². The van der Waals surface area contributed by atoms with Crippen molar-refractivity contribution < 1.29 is 0 Å². The summed E-state index contributed by atoms with van der Waals surface area (Å²) in [6.07, 6.45) is 5.92. The second-order valence-corrected chi connectivity index (χ2v) is 4.37. The summed E-state index contributed by atoms with van der Waals surface area (Å²) in [6.45, 7) is 0.679. The summed E-state index contributed by atoms with van der Waals surface area (Å²) in [5, 5.41) is 0.899. The van der Waals surface area contributed by atoms with Crippen LogP contribution in [-0.4, -0.2) is 6.54 Å².